The number of anilines is 2. The standard InChI is InChI=1S/C26H25N7O2/c1-16-5-6-20(31-24(34)19-8-22(32-30-12-19)25(2,3)13-28)9-21(16)18-7-17(10-27)23(29-11-18)33-14-26(4,35)15-33/h5-9,11-12,35H,14-15H2,1-4H3,(H,31,34). The molecule has 2 aromatic heterocycles. The Labute approximate surface area is 203 Å². The Hall–Kier alpha value is -4.34. The molecule has 1 saturated heterocycles. The summed E-state index contributed by atoms with van der Waals surface area (Å²) >= 11 is 0. The molecule has 1 aliphatic rings. The van der Waals surface area contributed by atoms with Crippen molar-refractivity contribution in [1.29, 1.82) is 10.5 Å². The van der Waals surface area contributed by atoms with E-state index in [1.54, 1.807) is 45.2 Å². The summed E-state index contributed by atoms with van der Waals surface area (Å²) in [5, 5.41) is 39.8. The van der Waals surface area contributed by atoms with E-state index in [0.717, 1.165) is 16.7 Å². The van der Waals surface area contributed by atoms with Gasteiger partial charge in [0, 0.05) is 30.5 Å². The van der Waals surface area contributed by atoms with Crippen LogP contribution in [0.15, 0.2) is 42.7 Å². The quantitative estimate of drug-likeness (QED) is 0.582. The van der Waals surface area contributed by atoms with Crippen molar-refractivity contribution in [3.63, 3.8) is 0 Å². The van der Waals surface area contributed by atoms with Crippen molar-refractivity contribution in [1.82, 2.24) is 15.2 Å². The first kappa shape index (κ1) is 23.8. The molecule has 4 rings (SSSR count). The van der Waals surface area contributed by atoms with E-state index < -0.39 is 11.0 Å². The maximum absolute atomic E-state index is 12.9. The number of amides is 1. The van der Waals surface area contributed by atoms with Gasteiger partial charge in [-0.2, -0.15) is 20.7 Å². The van der Waals surface area contributed by atoms with Crippen molar-refractivity contribution in [2.24, 2.45) is 0 Å². The highest BCUT2D eigenvalue weighted by molar-refractivity contribution is 6.04. The molecule has 3 heterocycles. The van der Waals surface area contributed by atoms with E-state index in [9.17, 15) is 20.4 Å². The highest BCUT2D eigenvalue weighted by Gasteiger charge is 2.38. The van der Waals surface area contributed by atoms with Crippen LogP contribution in [0.4, 0.5) is 11.5 Å². The number of aromatic nitrogens is 3. The van der Waals surface area contributed by atoms with Gasteiger partial charge in [0.15, 0.2) is 0 Å². The molecule has 35 heavy (non-hydrogen) atoms. The van der Waals surface area contributed by atoms with E-state index in [-0.39, 0.29) is 5.91 Å². The minimum atomic E-state index is -0.871. The topological polar surface area (TPSA) is 139 Å². The van der Waals surface area contributed by atoms with Crippen molar-refractivity contribution in [3.05, 3.63) is 65.1 Å². The Morgan fingerprint density at radius 3 is 2.60 bits per heavy atom. The van der Waals surface area contributed by atoms with Gasteiger partial charge in [-0.15, -0.1) is 0 Å². The van der Waals surface area contributed by atoms with E-state index in [0.29, 0.717) is 41.4 Å². The number of carbonyl (C=O) groups excluding carboxylic acids is 1. The Morgan fingerprint density at radius 1 is 1.20 bits per heavy atom. The van der Waals surface area contributed by atoms with Gasteiger partial charge in [0.2, 0.25) is 0 Å². The summed E-state index contributed by atoms with van der Waals surface area (Å²) in [6, 6.07) is 13.2. The minimum absolute atomic E-state index is 0.295. The van der Waals surface area contributed by atoms with Crippen LogP contribution in [0.2, 0.25) is 0 Å². The molecule has 0 spiro atoms. The number of aliphatic hydroxyl groups is 1. The molecule has 0 unspecified atom stereocenters. The molecule has 0 radical (unpaired) electrons. The maximum atomic E-state index is 12.9. The third-order valence-electron chi connectivity index (χ3n) is 5.99. The van der Waals surface area contributed by atoms with Crippen LogP contribution in [0, 0.1) is 29.6 Å². The average Bonchev–Trinajstić information content (AvgIpc) is 2.83. The van der Waals surface area contributed by atoms with Gasteiger partial charge in [0.25, 0.3) is 5.91 Å². The fourth-order valence-corrected chi connectivity index (χ4v) is 3.93. The molecule has 2 N–H and O–H groups in total. The highest BCUT2D eigenvalue weighted by atomic mass is 16.3. The van der Waals surface area contributed by atoms with Gasteiger partial charge < -0.3 is 15.3 Å². The molecule has 176 valence electrons. The van der Waals surface area contributed by atoms with Gasteiger partial charge in [-0.05, 0) is 63.1 Å². The number of nitrogens with one attached hydrogen (secondary N) is 1. The number of hydrogen-bond acceptors (Lipinski definition) is 8. The zero-order valence-electron chi connectivity index (χ0n) is 20.0. The predicted molar refractivity (Wildman–Crippen MR) is 131 cm³/mol. The first-order valence-corrected chi connectivity index (χ1v) is 11.1. The molecular formula is C26H25N7O2. The van der Waals surface area contributed by atoms with Crippen LogP contribution in [0.5, 0.6) is 0 Å². The molecule has 9 heteroatoms. The molecule has 1 aliphatic heterocycles. The summed E-state index contributed by atoms with van der Waals surface area (Å²) in [7, 11) is 0. The second-order valence-corrected chi connectivity index (χ2v) is 9.61. The SMILES string of the molecule is Cc1ccc(NC(=O)c2cnnc(C(C)(C)C#N)c2)cc1-c1cnc(N2CC(C)(O)C2)c(C#N)c1. The summed E-state index contributed by atoms with van der Waals surface area (Å²) in [6.07, 6.45) is 3.05. The average molecular weight is 468 g/mol. The third kappa shape index (κ3) is 4.81. The normalized spacial score (nSPS) is 14.4. The Morgan fingerprint density at radius 2 is 1.94 bits per heavy atom. The van der Waals surface area contributed by atoms with Crippen molar-refractivity contribution >= 4 is 17.4 Å². The number of carbonyl (C=O) groups is 1. The van der Waals surface area contributed by atoms with Crippen molar-refractivity contribution < 1.29 is 9.90 Å². The summed E-state index contributed by atoms with van der Waals surface area (Å²) in [5.74, 6) is 0.173. The number of β-amino-alcohol motifs (C(OH)–C–C–N with tert-alkyl or cyclic N) is 1. The molecule has 1 amide bonds. The number of pyridine rings is 1. The van der Waals surface area contributed by atoms with Crippen molar-refractivity contribution in [2.45, 2.75) is 38.7 Å². The maximum Gasteiger partial charge on any atom is 0.257 e. The fraction of sp³-hybridized carbons (Fsp3) is 0.308. The molecule has 9 nitrogen and oxygen atoms in total. The molecular weight excluding hydrogens is 442 g/mol. The van der Waals surface area contributed by atoms with E-state index in [1.165, 1.54) is 6.20 Å². The monoisotopic (exact) mass is 467 g/mol. The van der Waals surface area contributed by atoms with Crippen LogP contribution in [-0.4, -0.2) is 44.9 Å². The van der Waals surface area contributed by atoms with Crippen LogP contribution in [-0.2, 0) is 5.41 Å². The summed E-state index contributed by atoms with van der Waals surface area (Å²) in [5.41, 5.74) is 2.58. The van der Waals surface area contributed by atoms with E-state index in [2.05, 4.69) is 32.6 Å². The van der Waals surface area contributed by atoms with Crippen LogP contribution < -0.4 is 10.2 Å². The summed E-state index contributed by atoms with van der Waals surface area (Å²) in [4.78, 5) is 19.3. The first-order valence-electron chi connectivity index (χ1n) is 11.1. The Bertz CT molecular complexity index is 1390. The molecule has 1 aromatic carbocycles. The third-order valence-corrected chi connectivity index (χ3v) is 5.99. The molecule has 3 aromatic rings. The number of nitriles is 2. The van der Waals surface area contributed by atoms with E-state index in [1.807, 2.05) is 24.0 Å². The zero-order chi connectivity index (χ0) is 25.4. The number of nitrogens with zero attached hydrogens (tertiary/aromatic N) is 6. The van der Waals surface area contributed by atoms with Gasteiger partial charge in [0.1, 0.15) is 11.9 Å². The Kier molecular flexibility index (Phi) is 5.98. The minimum Gasteiger partial charge on any atom is -0.386 e. The first-order chi connectivity index (χ1) is 16.5. The van der Waals surface area contributed by atoms with Crippen LogP contribution in [0.1, 0.15) is 48.0 Å². The number of hydrogen-bond donors (Lipinski definition) is 2. The van der Waals surface area contributed by atoms with Crippen LogP contribution >= 0.6 is 0 Å². The van der Waals surface area contributed by atoms with Crippen molar-refractivity contribution in [2.75, 3.05) is 23.3 Å². The predicted octanol–water partition coefficient (Wildman–Crippen LogP) is 3.34. The molecule has 1 fully saturated rings. The summed E-state index contributed by atoms with van der Waals surface area (Å²) < 4.78 is 0. The zero-order valence-corrected chi connectivity index (χ0v) is 20.0. The molecule has 0 saturated carbocycles. The van der Waals surface area contributed by atoms with Gasteiger partial charge >= 0.3 is 0 Å². The lowest BCUT2D eigenvalue weighted by Gasteiger charge is -2.45. The lowest BCUT2D eigenvalue weighted by atomic mass is 9.90. The van der Waals surface area contributed by atoms with Gasteiger partial charge in [-0.25, -0.2) is 4.98 Å². The van der Waals surface area contributed by atoms with Gasteiger partial charge in [-0.3, -0.25) is 4.79 Å². The largest absolute Gasteiger partial charge is 0.386 e. The van der Waals surface area contributed by atoms with Crippen LogP contribution in [0.25, 0.3) is 11.1 Å². The van der Waals surface area contributed by atoms with Crippen LogP contribution in [0.3, 0.4) is 0 Å². The number of benzene rings is 1. The Balaban J connectivity index is 1.60. The van der Waals surface area contributed by atoms with Gasteiger partial charge in [-0.1, -0.05) is 6.07 Å². The smallest absolute Gasteiger partial charge is 0.257 e. The number of aryl methyl sites for hydroxylation is 1. The highest BCUT2D eigenvalue weighted by Crippen LogP contribution is 2.33. The van der Waals surface area contributed by atoms with E-state index in [4.69, 9.17) is 0 Å². The second-order valence-electron chi connectivity index (χ2n) is 9.61. The molecule has 0 atom stereocenters. The second kappa shape index (κ2) is 8.79. The van der Waals surface area contributed by atoms with E-state index >= 15 is 0 Å². The van der Waals surface area contributed by atoms with Gasteiger partial charge in [0.05, 0.1) is 40.1 Å². The fourth-order valence-electron chi connectivity index (χ4n) is 3.93. The molecule has 0 bridgehead atoms. The summed E-state index contributed by atoms with van der Waals surface area (Å²) in [6.45, 7) is 7.96. The number of rotatable bonds is 5. The molecule has 0 aliphatic carbocycles. The van der Waals surface area contributed by atoms with Crippen molar-refractivity contribution in [3.8, 4) is 23.3 Å². The lowest BCUT2D eigenvalue weighted by molar-refractivity contribution is 0.0305. The lowest BCUT2D eigenvalue weighted by Crippen LogP contribution is -2.60.